The first-order valence-corrected chi connectivity index (χ1v) is 6.60. The van der Waals surface area contributed by atoms with Gasteiger partial charge in [0.1, 0.15) is 0 Å². The van der Waals surface area contributed by atoms with E-state index in [-0.39, 0.29) is 5.91 Å². The third-order valence-electron chi connectivity index (χ3n) is 3.77. The highest BCUT2D eigenvalue weighted by molar-refractivity contribution is 5.96. The first-order chi connectivity index (χ1) is 8.84. The topological polar surface area (TPSA) is 48.6 Å². The largest absolute Gasteiger partial charge is 0.379 e. The number of hydrogen-bond acceptors (Lipinski definition) is 3. The Kier molecular flexibility index (Phi) is 3.34. The molecule has 2 aliphatic rings. The molecule has 98 valence electrons. The van der Waals surface area contributed by atoms with E-state index in [0.29, 0.717) is 0 Å². The number of amides is 1. The van der Waals surface area contributed by atoms with Crippen LogP contribution in [0.3, 0.4) is 0 Å². The zero-order valence-electron chi connectivity index (χ0n) is 10.5. The lowest BCUT2D eigenvalue weighted by Gasteiger charge is -2.31. The molecule has 5 nitrogen and oxygen atoms in total. The fraction of sp³-hybridized carbons (Fsp3) is 0.615. The molecule has 3 heterocycles. The smallest absolute Gasteiger partial charge is 0.255 e. The average Bonchev–Trinajstić information content (AvgIpc) is 2.88. The van der Waals surface area contributed by atoms with Gasteiger partial charge in [-0.25, -0.2) is 0 Å². The van der Waals surface area contributed by atoms with E-state index in [1.165, 1.54) is 0 Å². The summed E-state index contributed by atoms with van der Waals surface area (Å²) in [6.07, 6.45) is 2.80. The number of nitrogens with one attached hydrogen (secondary N) is 1. The average molecular weight is 249 g/mol. The number of carbonyl (C=O) groups excluding carboxylic acids is 1. The van der Waals surface area contributed by atoms with Crippen molar-refractivity contribution in [3.05, 3.63) is 23.5 Å². The molecular weight excluding hydrogens is 230 g/mol. The van der Waals surface area contributed by atoms with Gasteiger partial charge >= 0.3 is 0 Å². The molecule has 1 aromatic heterocycles. The van der Waals surface area contributed by atoms with Crippen LogP contribution in [0, 0.1) is 0 Å². The van der Waals surface area contributed by atoms with Crippen LogP contribution in [0.15, 0.2) is 12.3 Å². The number of ether oxygens (including phenoxy) is 1. The van der Waals surface area contributed by atoms with Gasteiger partial charge < -0.3 is 14.6 Å². The maximum Gasteiger partial charge on any atom is 0.255 e. The maximum atomic E-state index is 12.2. The first kappa shape index (κ1) is 11.7. The summed E-state index contributed by atoms with van der Waals surface area (Å²) < 4.78 is 5.32. The second-order valence-corrected chi connectivity index (χ2v) is 4.87. The Morgan fingerprint density at radius 1 is 1.22 bits per heavy atom. The summed E-state index contributed by atoms with van der Waals surface area (Å²) in [5, 5.41) is 0. The van der Waals surface area contributed by atoms with E-state index in [1.54, 1.807) is 0 Å². The molecule has 0 aliphatic carbocycles. The number of nitrogens with zero attached hydrogens (tertiary/aromatic N) is 2. The molecule has 1 fully saturated rings. The number of rotatable bonds is 3. The van der Waals surface area contributed by atoms with Gasteiger partial charge in [0.05, 0.1) is 18.8 Å². The summed E-state index contributed by atoms with van der Waals surface area (Å²) >= 11 is 0. The van der Waals surface area contributed by atoms with Crippen LogP contribution in [-0.2, 0) is 11.2 Å². The van der Waals surface area contributed by atoms with Crippen molar-refractivity contribution in [3.8, 4) is 0 Å². The molecule has 0 radical (unpaired) electrons. The molecule has 3 rings (SSSR count). The van der Waals surface area contributed by atoms with E-state index in [9.17, 15) is 4.79 Å². The van der Waals surface area contributed by atoms with Crippen molar-refractivity contribution in [1.29, 1.82) is 0 Å². The number of hydrogen-bond donors (Lipinski definition) is 1. The lowest BCUT2D eigenvalue weighted by atomic mass is 10.1. The molecule has 1 aromatic rings. The Labute approximate surface area is 107 Å². The number of aromatic nitrogens is 1. The van der Waals surface area contributed by atoms with Gasteiger partial charge in [-0.1, -0.05) is 0 Å². The van der Waals surface area contributed by atoms with E-state index in [2.05, 4.69) is 9.88 Å². The summed E-state index contributed by atoms with van der Waals surface area (Å²) in [6, 6.07) is 1.89. The molecule has 0 aromatic carbocycles. The normalized spacial score (nSPS) is 21.1. The van der Waals surface area contributed by atoms with Gasteiger partial charge in [-0.05, 0) is 6.07 Å². The van der Waals surface area contributed by atoms with Gasteiger partial charge in [0.15, 0.2) is 0 Å². The molecule has 1 amide bonds. The van der Waals surface area contributed by atoms with Crippen LogP contribution in [0.25, 0.3) is 0 Å². The fourth-order valence-electron chi connectivity index (χ4n) is 2.63. The molecular formula is C13H19N3O2. The third-order valence-corrected chi connectivity index (χ3v) is 3.77. The van der Waals surface area contributed by atoms with Crippen LogP contribution in [0.1, 0.15) is 16.1 Å². The number of aromatic amines is 1. The van der Waals surface area contributed by atoms with E-state index >= 15 is 0 Å². The quantitative estimate of drug-likeness (QED) is 0.840. The number of fused-ring (bicyclic) bond motifs is 1. The van der Waals surface area contributed by atoms with Crippen molar-refractivity contribution in [2.45, 2.75) is 6.42 Å². The monoisotopic (exact) mass is 249 g/mol. The first-order valence-electron chi connectivity index (χ1n) is 6.60. The van der Waals surface area contributed by atoms with Crippen molar-refractivity contribution >= 4 is 5.91 Å². The molecule has 0 saturated carbocycles. The Bertz CT molecular complexity index is 424. The van der Waals surface area contributed by atoms with Gasteiger partial charge in [0, 0.05) is 51.0 Å². The minimum absolute atomic E-state index is 0.172. The maximum absolute atomic E-state index is 12.2. The molecule has 5 heteroatoms. The van der Waals surface area contributed by atoms with Gasteiger partial charge in [0.2, 0.25) is 0 Å². The zero-order chi connectivity index (χ0) is 12.4. The zero-order valence-corrected chi connectivity index (χ0v) is 10.5. The summed E-state index contributed by atoms with van der Waals surface area (Å²) in [5.41, 5.74) is 1.94. The highest BCUT2D eigenvalue weighted by atomic mass is 16.5. The molecule has 0 spiro atoms. The third kappa shape index (κ3) is 2.28. The summed E-state index contributed by atoms with van der Waals surface area (Å²) in [5.74, 6) is 0.172. The second kappa shape index (κ2) is 5.12. The Morgan fingerprint density at radius 3 is 2.89 bits per heavy atom. The highest BCUT2D eigenvalue weighted by Crippen LogP contribution is 2.17. The van der Waals surface area contributed by atoms with E-state index in [1.807, 2.05) is 17.2 Å². The van der Waals surface area contributed by atoms with Crippen molar-refractivity contribution in [2.75, 3.05) is 45.9 Å². The summed E-state index contributed by atoms with van der Waals surface area (Å²) in [4.78, 5) is 19.7. The number of H-pyrrole nitrogens is 1. The Hall–Kier alpha value is -1.33. The molecule has 1 N–H and O–H groups in total. The molecule has 0 unspecified atom stereocenters. The van der Waals surface area contributed by atoms with Crippen LogP contribution < -0.4 is 0 Å². The molecule has 0 bridgehead atoms. The minimum Gasteiger partial charge on any atom is -0.379 e. The van der Waals surface area contributed by atoms with Crippen LogP contribution in [0.4, 0.5) is 0 Å². The number of morpholine rings is 1. The summed E-state index contributed by atoms with van der Waals surface area (Å²) in [6.45, 7) is 6.20. The highest BCUT2D eigenvalue weighted by Gasteiger charge is 2.25. The second-order valence-electron chi connectivity index (χ2n) is 4.87. The van der Waals surface area contributed by atoms with Crippen LogP contribution >= 0.6 is 0 Å². The molecule has 2 aliphatic heterocycles. The van der Waals surface area contributed by atoms with Crippen LogP contribution in [-0.4, -0.2) is 66.6 Å². The standard InChI is InChI=1S/C13H19N3O2/c17-13-11-1-3-14-12(11)2-4-16(13)6-5-15-7-9-18-10-8-15/h1,3,14H,2,4-10H2. The Morgan fingerprint density at radius 2 is 2.06 bits per heavy atom. The van der Waals surface area contributed by atoms with Gasteiger partial charge in [0.25, 0.3) is 5.91 Å². The van der Waals surface area contributed by atoms with Crippen LogP contribution in [0.2, 0.25) is 0 Å². The summed E-state index contributed by atoms with van der Waals surface area (Å²) in [7, 11) is 0. The fourth-order valence-corrected chi connectivity index (χ4v) is 2.63. The molecule has 0 atom stereocenters. The van der Waals surface area contributed by atoms with Crippen molar-refractivity contribution in [2.24, 2.45) is 0 Å². The van der Waals surface area contributed by atoms with E-state index < -0.39 is 0 Å². The molecule has 18 heavy (non-hydrogen) atoms. The Balaban J connectivity index is 1.56. The van der Waals surface area contributed by atoms with Gasteiger partial charge in [-0.3, -0.25) is 9.69 Å². The predicted octanol–water partition coefficient (Wildman–Crippen LogP) is 0.345. The number of carbonyl (C=O) groups is 1. The predicted molar refractivity (Wildman–Crippen MR) is 67.7 cm³/mol. The van der Waals surface area contributed by atoms with E-state index in [0.717, 1.165) is 63.6 Å². The van der Waals surface area contributed by atoms with Crippen molar-refractivity contribution in [1.82, 2.24) is 14.8 Å². The minimum atomic E-state index is 0.172. The lowest BCUT2D eigenvalue weighted by Crippen LogP contribution is -2.45. The van der Waals surface area contributed by atoms with Crippen molar-refractivity contribution < 1.29 is 9.53 Å². The van der Waals surface area contributed by atoms with Crippen molar-refractivity contribution in [3.63, 3.8) is 0 Å². The lowest BCUT2D eigenvalue weighted by molar-refractivity contribution is 0.0322. The van der Waals surface area contributed by atoms with E-state index in [4.69, 9.17) is 4.74 Å². The van der Waals surface area contributed by atoms with Gasteiger partial charge in [-0.15, -0.1) is 0 Å². The molecule has 1 saturated heterocycles. The van der Waals surface area contributed by atoms with Crippen LogP contribution in [0.5, 0.6) is 0 Å². The van der Waals surface area contributed by atoms with Gasteiger partial charge in [-0.2, -0.15) is 0 Å². The SMILES string of the molecule is O=C1c2cc[nH]c2CCN1CCN1CCOCC1.